The van der Waals surface area contributed by atoms with Crippen molar-refractivity contribution in [1.82, 2.24) is 9.80 Å². The third-order valence-electron chi connectivity index (χ3n) is 4.76. The Morgan fingerprint density at radius 2 is 2.12 bits per heavy atom. The van der Waals surface area contributed by atoms with Gasteiger partial charge in [-0.05, 0) is 35.9 Å². The molecule has 3 heterocycles. The maximum atomic E-state index is 12.2. The summed E-state index contributed by atoms with van der Waals surface area (Å²) < 4.78 is 0. The van der Waals surface area contributed by atoms with E-state index in [4.69, 9.17) is 0 Å². The van der Waals surface area contributed by atoms with E-state index in [1.54, 1.807) is 21.0 Å². The van der Waals surface area contributed by atoms with Crippen molar-refractivity contribution in [3.05, 3.63) is 27.6 Å². The molecule has 3 rings (SSSR count). The molecule has 0 unspecified atom stereocenters. The van der Waals surface area contributed by atoms with Crippen LogP contribution in [-0.4, -0.2) is 64.0 Å². The monoisotopic (exact) mass is 364 g/mol. The minimum atomic E-state index is -1.15. The first-order valence-electron chi connectivity index (χ1n) is 7.98. The number of nitrogens with zero attached hydrogens (tertiary/aromatic N) is 2. The SMILES string of the molecule is C[C@@H](O)[C@H]1C(=O)N2C(C(=O)O)=C(c3csc(CC(=O)N(C)C)c3)C[C@H]12. The molecule has 3 atom stereocenters. The molecule has 0 spiro atoms. The van der Waals surface area contributed by atoms with Crippen LogP contribution in [-0.2, 0) is 20.8 Å². The summed E-state index contributed by atoms with van der Waals surface area (Å²) in [7, 11) is 3.37. The summed E-state index contributed by atoms with van der Waals surface area (Å²) in [6, 6.07) is 1.51. The zero-order valence-corrected chi connectivity index (χ0v) is 15.0. The Kier molecular flexibility index (Phi) is 4.42. The number of hydrogen-bond acceptors (Lipinski definition) is 5. The van der Waals surface area contributed by atoms with Crippen LogP contribution in [0.4, 0.5) is 0 Å². The van der Waals surface area contributed by atoms with Crippen molar-refractivity contribution < 1.29 is 24.6 Å². The molecule has 1 aromatic rings. The highest BCUT2D eigenvalue weighted by Gasteiger charge is 2.56. The lowest BCUT2D eigenvalue weighted by atomic mass is 9.82. The van der Waals surface area contributed by atoms with Crippen molar-refractivity contribution in [2.24, 2.45) is 5.92 Å². The molecule has 1 saturated heterocycles. The van der Waals surface area contributed by atoms with E-state index in [-0.39, 0.29) is 30.0 Å². The normalized spacial score (nSPS) is 23.4. The summed E-state index contributed by atoms with van der Waals surface area (Å²) in [5.74, 6) is -2.07. The van der Waals surface area contributed by atoms with Gasteiger partial charge in [-0.1, -0.05) is 0 Å². The highest BCUT2D eigenvalue weighted by atomic mass is 32.1. The van der Waals surface area contributed by atoms with Gasteiger partial charge in [0.15, 0.2) is 0 Å². The second kappa shape index (κ2) is 6.27. The van der Waals surface area contributed by atoms with Gasteiger partial charge in [0.05, 0.1) is 24.5 Å². The van der Waals surface area contributed by atoms with Crippen LogP contribution in [0.15, 0.2) is 17.1 Å². The number of carbonyl (C=O) groups is 3. The summed E-state index contributed by atoms with van der Waals surface area (Å²) in [4.78, 5) is 39.4. The molecule has 7 nitrogen and oxygen atoms in total. The quantitative estimate of drug-likeness (QED) is 0.753. The number of rotatable bonds is 5. The molecule has 8 heteroatoms. The molecule has 0 saturated carbocycles. The summed E-state index contributed by atoms with van der Waals surface area (Å²) in [6.45, 7) is 1.55. The highest BCUT2D eigenvalue weighted by Crippen LogP contribution is 2.47. The third kappa shape index (κ3) is 2.85. The van der Waals surface area contributed by atoms with Gasteiger partial charge in [0.2, 0.25) is 11.8 Å². The average molecular weight is 364 g/mol. The van der Waals surface area contributed by atoms with E-state index in [0.29, 0.717) is 12.0 Å². The number of aliphatic carboxylic acids is 1. The van der Waals surface area contributed by atoms with Gasteiger partial charge in [0.25, 0.3) is 0 Å². The Balaban J connectivity index is 1.89. The molecular formula is C17H20N2O5S. The minimum absolute atomic E-state index is 0.00446. The van der Waals surface area contributed by atoms with Gasteiger partial charge < -0.3 is 20.0 Å². The van der Waals surface area contributed by atoms with Gasteiger partial charge >= 0.3 is 5.97 Å². The first-order valence-corrected chi connectivity index (χ1v) is 8.85. The zero-order valence-electron chi connectivity index (χ0n) is 14.2. The minimum Gasteiger partial charge on any atom is -0.477 e. The van der Waals surface area contributed by atoms with Crippen LogP contribution in [0.5, 0.6) is 0 Å². The number of carboxylic acid groups (broad SMARTS) is 1. The van der Waals surface area contributed by atoms with Crippen molar-refractivity contribution in [2.75, 3.05) is 14.1 Å². The van der Waals surface area contributed by atoms with Gasteiger partial charge in [-0.15, -0.1) is 11.3 Å². The maximum absolute atomic E-state index is 12.2. The fourth-order valence-electron chi connectivity index (χ4n) is 3.47. The van der Waals surface area contributed by atoms with E-state index in [9.17, 15) is 24.6 Å². The van der Waals surface area contributed by atoms with Crippen LogP contribution < -0.4 is 0 Å². The topological polar surface area (TPSA) is 98.1 Å². The second-order valence-electron chi connectivity index (χ2n) is 6.65. The number of thiophene rings is 1. The molecular weight excluding hydrogens is 344 g/mol. The molecule has 2 aliphatic heterocycles. The average Bonchev–Trinajstić information content (AvgIpc) is 3.08. The number of aliphatic hydroxyl groups excluding tert-OH is 1. The number of fused-ring (bicyclic) bond motifs is 1. The van der Waals surface area contributed by atoms with Crippen LogP contribution in [0.3, 0.4) is 0 Å². The highest BCUT2D eigenvalue weighted by molar-refractivity contribution is 7.10. The fourth-order valence-corrected chi connectivity index (χ4v) is 4.36. The number of likely N-dealkylation sites (N-methyl/N-ethyl adjacent to an activating group) is 1. The maximum Gasteiger partial charge on any atom is 0.352 e. The molecule has 2 aliphatic rings. The molecule has 0 bridgehead atoms. The van der Waals surface area contributed by atoms with Crippen molar-refractivity contribution in [3.8, 4) is 0 Å². The summed E-state index contributed by atoms with van der Waals surface area (Å²) in [5.41, 5.74) is 1.32. The summed E-state index contributed by atoms with van der Waals surface area (Å²) >= 11 is 1.40. The van der Waals surface area contributed by atoms with E-state index in [2.05, 4.69) is 0 Å². The smallest absolute Gasteiger partial charge is 0.352 e. The predicted molar refractivity (Wildman–Crippen MR) is 91.7 cm³/mol. The van der Waals surface area contributed by atoms with Gasteiger partial charge in [-0.3, -0.25) is 9.59 Å². The first kappa shape index (κ1) is 17.6. The van der Waals surface area contributed by atoms with Gasteiger partial charge in [0.1, 0.15) is 5.70 Å². The van der Waals surface area contributed by atoms with E-state index < -0.39 is 18.0 Å². The zero-order chi connectivity index (χ0) is 18.5. The van der Waals surface area contributed by atoms with E-state index in [1.165, 1.54) is 21.1 Å². The largest absolute Gasteiger partial charge is 0.477 e. The standard InChI is InChI=1S/C17H20N2O5S/c1-8(20)14-12-6-11(15(17(23)24)19(12)16(14)22)9-4-10(25-7-9)5-13(21)18(2)3/h4,7-8,12,14,20H,5-6H2,1-3H3,(H,23,24)/t8-,12-,14-/m1/s1. The lowest BCUT2D eigenvalue weighted by Crippen LogP contribution is -2.61. The lowest BCUT2D eigenvalue weighted by molar-refractivity contribution is -0.161. The molecule has 0 radical (unpaired) electrons. The molecule has 1 fully saturated rings. The fraction of sp³-hybridized carbons (Fsp3) is 0.471. The number of carboxylic acids is 1. The Morgan fingerprint density at radius 3 is 2.68 bits per heavy atom. The van der Waals surface area contributed by atoms with E-state index >= 15 is 0 Å². The molecule has 1 aromatic heterocycles. The molecule has 25 heavy (non-hydrogen) atoms. The van der Waals surface area contributed by atoms with Crippen LogP contribution in [0, 0.1) is 5.92 Å². The molecule has 2 amide bonds. The summed E-state index contributed by atoms with van der Waals surface area (Å²) in [5, 5.41) is 21.2. The second-order valence-corrected chi connectivity index (χ2v) is 7.64. The Hall–Kier alpha value is -2.19. The third-order valence-corrected chi connectivity index (χ3v) is 5.69. The Morgan fingerprint density at radius 1 is 1.44 bits per heavy atom. The van der Waals surface area contributed by atoms with Gasteiger partial charge in [0, 0.05) is 19.0 Å². The van der Waals surface area contributed by atoms with Gasteiger partial charge in [-0.25, -0.2) is 4.79 Å². The number of amides is 2. The molecule has 134 valence electrons. The Labute approximate surface area is 149 Å². The number of hydrogen-bond donors (Lipinski definition) is 2. The first-order chi connectivity index (χ1) is 11.7. The van der Waals surface area contributed by atoms with Crippen LogP contribution in [0.25, 0.3) is 5.57 Å². The number of carbonyl (C=O) groups excluding carboxylic acids is 2. The predicted octanol–water partition coefficient (Wildman–Crippen LogP) is 0.786. The molecule has 0 aliphatic carbocycles. The van der Waals surface area contributed by atoms with Crippen molar-refractivity contribution >= 4 is 34.7 Å². The molecule has 2 N–H and O–H groups in total. The number of β-lactam (4-membered cyclic amide) rings is 1. The van der Waals surface area contributed by atoms with Crippen molar-refractivity contribution in [3.63, 3.8) is 0 Å². The van der Waals surface area contributed by atoms with E-state index in [0.717, 1.165) is 10.4 Å². The van der Waals surface area contributed by atoms with Gasteiger partial charge in [-0.2, -0.15) is 0 Å². The van der Waals surface area contributed by atoms with E-state index in [1.807, 2.05) is 11.4 Å². The van der Waals surface area contributed by atoms with Crippen LogP contribution in [0.2, 0.25) is 0 Å². The Bertz CT molecular complexity index is 780. The van der Waals surface area contributed by atoms with Crippen LogP contribution in [0.1, 0.15) is 23.8 Å². The van der Waals surface area contributed by atoms with Crippen LogP contribution >= 0.6 is 11.3 Å². The lowest BCUT2D eigenvalue weighted by Gasteiger charge is -2.44. The van der Waals surface area contributed by atoms with Crippen molar-refractivity contribution in [2.45, 2.75) is 31.9 Å². The van der Waals surface area contributed by atoms with Crippen molar-refractivity contribution in [1.29, 1.82) is 0 Å². The molecule has 0 aromatic carbocycles. The summed E-state index contributed by atoms with van der Waals surface area (Å²) in [6.07, 6.45) is -0.143. The number of aliphatic hydroxyl groups is 1.